The molecule has 6 heteroatoms. The van der Waals surface area contributed by atoms with Gasteiger partial charge in [-0.1, -0.05) is 6.92 Å². The highest BCUT2D eigenvalue weighted by Crippen LogP contribution is 2.34. The summed E-state index contributed by atoms with van der Waals surface area (Å²) in [6, 6.07) is -0.0450. The summed E-state index contributed by atoms with van der Waals surface area (Å²) in [5.74, 6) is -0.631. The van der Waals surface area contributed by atoms with Gasteiger partial charge in [-0.2, -0.15) is 0 Å². The maximum Gasteiger partial charge on any atom is 0.315 e. The molecule has 0 aromatic heterocycles. The van der Waals surface area contributed by atoms with Gasteiger partial charge in [-0.15, -0.1) is 0 Å². The van der Waals surface area contributed by atoms with Crippen molar-refractivity contribution in [3.63, 3.8) is 0 Å². The lowest BCUT2D eigenvalue weighted by Gasteiger charge is -2.21. The fraction of sp³-hybridized carbons (Fsp3) is 0.846. The van der Waals surface area contributed by atoms with Crippen LogP contribution in [0.4, 0.5) is 4.79 Å². The van der Waals surface area contributed by atoms with Crippen LogP contribution in [0.5, 0.6) is 0 Å². The van der Waals surface area contributed by atoms with E-state index in [1.807, 2.05) is 6.92 Å². The van der Waals surface area contributed by atoms with Crippen molar-refractivity contribution < 1.29 is 19.4 Å². The molecule has 2 rings (SSSR count). The van der Waals surface area contributed by atoms with Crippen LogP contribution in [0, 0.1) is 5.92 Å². The largest absolute Gasteiger partial charge is 0.481 e. The van der Waals surface area contributed by atoms with E-state index < -0.39 is 5.97 Å². The van der Waals surface area contributed by atoms with Crippen molar-refractivity contribution in [2.45, 2.75) is 57.3 Å². The maximum atomic E-state index is 11.7. The minimum atomic E-state index is -0.796. The molecule has 2 bridgehead atoms. The average molecular weight is 270 g/mol. The molecule has 2 aliphatic rings. The Labute approximate surface area is 112 Å². The number of ether oxygens (including phenoxy) is 1. The van der Waals surface area contributed by atoms with Gasteiger partial charge in [0.2, 0.25) is 0 Å². The number of fused-ring (bicyclic) bond motifs is 2. The third-order valence-electron chi connectivity index (χ3n) is 3.88. The molecule has 3 N–H and O–H groups in total. The molecule has 19 heavy (non-hydrogen) atoms. The molecule has 0 radical (unpaired) electrons. The number of hydrogen-bond acceptors (Lipinski definition) is 3. The van der Waals surface area contributed by atoms with Crippen molar-refractivity contribution in [3.8, 4) is 0 Å². The van der Waals surface area contributed by atoms with Gasteiger partial charge in [0.15, 0.2) is 0 Å². The van der Waals surface area contributed by atoms with Crippen LogP contribution in [0.3, 0.4) is 0 Å². The minimum Gasteiger partial charge on any atom is -0.481 e. The molecular formula is C13H22N2O4. The summed E-state index contributed by atoms with van der Waals surface area (Å²) in [5, 5.41) is 14.3. The molecule has 0 spiro atoms. The summed E-state index contributed by atoms with van der Waals surface area (Å²) in [7, 11) is 0. The Morgan fingerprint density at radius 3 is 2.79 bits per heavy atom. The first-order valence-electron chi connectivity index (χ1n) is 6.96. The zero-order valence-corrected chi connectivity index (χ0v) is 11.2. The van der Waals surface area contributed by atoms with Gasteiger partial charge in [0.25, 0.3) is 0 Å². The Bertz CT molecular complexity index is 348. The standard InChI is InChI=1S/C13H22N2O4/c1-8(2-5-12(16)17)7-14-13(18)15-10-6-9-3-4-11(10)19-9/h8-11H,2-7H2,1H3,(H,16,17)(H2,14,15,18). The smallest absolute Gasteiger partial charge is 0.315 e. The molecule has 6 nitrogen and oxygen atoms in total. The van der Waals surface area contributed by atoms with Gasteiger partial charge in [-0.05, 0) is 31.6 Å². The number of carboxylic acid groups (broad SMARTS) is 1. The van der Waals surface area contributed by atoms with Crippen molar-refractivity contribution in [3.05, 3.63) is 0 Å². The van der Waals surface area contributed by atoms with E-state index in [1.165, 1.54) is 0 Å². The number of carboxylic acids is 1. The molecule has 0 saturated carbocycles. The first-order chi connectivity index (χ1) is 9.04. The molecule has 108 valence electrons. The number of hydrogen-bond donors (Lipinski definition) is 3. The lowest BCUT2D eigenvalue weighted by atomic mass is 9.96. The summed E-state index contributed by atoms with van der Waals surface area (Å²) >= 11 is 0. The Hall–Kier alpha value is -1.30. The second-order valence-electron chi connectivity index (χ2n) is 5.61. The molecule has 4 atom stereocenters. The normalized spacial score (nSPS) is 30.1. The maximum absolute atomic E-state index is 11.7. The van der Waals surface area contributed by atoms with Crippen molar-refractivity contribution in [2.75, 3.05) is 6.54 Å². The van der Waals surface area contributed by atoms with Crippen molar-refractivity contribution >= 4 is 12.0 Å². The summed E-state index contributed by atoms with van der Waals surface area (Å²) in [6.07, 6.45) is 4.27. The zero-order valence-electron chi connectivity index (χ0n) is 11.2. The number of nitrogens with one attached hydrogen (secondary N) is 2. The van der Waals surface area contributed by atoms with Gasteiger partial charge in [0, 0.05) is 13.0 Å². The second kappa shape index (κ2) is 6.23. The van der Waals surface area contributed by atoms with Crippen LogP contribution in [0.25, 0.3) is 0 Å². The minimum absolute atomic E-state index is 0.132. The highest BCUT2D eigenvalue weighted by Gasteiger charge is 2.41. The van der Waals surface area contributed by atoms with Gasteiger partial charge in [-0.3, -0.25) is 4.79 Å². The third kappa shape index (κ3) is 4.09. The molecule has 2 fully saturated rings. The van der Waals surface area contributed by atoms with E-state index in [0.29, 0.717) is 19.1 Å². The Balaban J connectivity index is 1.60. The van der Waals surface area contributed by atoms with E-state index in [1.54, 1.807) is 0 Å². The highest BCUT2D eigenvalue weighted by atomic mass is 16.5. The van der Waals surface area contributed by atoms with Crippen molar-refractivity contribution in [2.24, 2.45) is 5.92 Å². The van der Waals surface area contributed by atoms with Crippen LogP contribution in [-0.4, -0.2) is 41.9 Å². The van der Waals surface area contributed by atoms with Crippen LogP contribution >= 0.6 is 0 Å². The van der Waals surface area contributed by atoms with E-state index >= 15 is 0 Å². The predicted octanol–water partition coefficient (Wildman–Crippen LogP) is 1.11. The van der Waals surface area contributed by atoms with Crippen LogP contribution in [-0.2, 0) is 9.53 Å². The molecule has 2 heterocycles. The second-order valence-corrected chi connectivity index (χ2v) is 5.61. The van der Waals surface area contributed by atoms with E-state index in [4.69, 9.17) is 9.84 Å². The van der Waals surface area contributed by atoms with Crippen LogP contribution < -0.4 is 10.6 Å². The van der Waals surface area contributed by atoms with Crippen molar-refractivity contribution in [1.29, 1.82) is 0 Å². The summed E-state index contributed by atoms with van der Waals surface area (Å²) in [5.41, 5.74) is 0. The molecule has 2 aliphatic heterocycles. The van der Waals surface area contributed by atoms with Gasteiger partial charge in [-0.25, -0.2) is 4.79 Å². The van der Waals surface area contributed by atoms with Crippen molar-refractivity contribution in [1.82, 2.24) is 10.6 Å². The van der Waals surface area contributed by atoms with Crippen LogP contribution in [0.2, 0.25) is 0 Å². The zero-order chi connectivity index (χ0) is 13.8. The first kappa shape index (κ1) is 14.1. The number of carbonyl (C=O) groups excluding carboxylic acids is 1. The first-order valence-corrected chi connectivity index (χ1v) is 6.96. The summed E-state index contributed by atoms with van der Waals surface area (Å²) in [6.45, 7) is 2.44. The average Bonchev–Trinajstić information content (AvgIpc) is 2.96. The fourth-order valence-electron chi connectivity index (χ4n) is 2.75. The highest BCUT2D eigenvalue weighted by molar-refractivity contribution is 5.74. The quantitative estimate of drug-likeness (QED) is 0.674. The number of amides is 2. The van der Waals surface area contributed by atoms with E-state index in [-0.39, 0.29) is 30.5 Å². The molecular weight excluding hydrogens is 248 g/mol. The summed E-state index contributed by atoms with van der Waals surface area (Å²) in [4.78, 5) is 22.2. The molecule has 0 aromatic carbocycles. The number of carbonyl (C=O) groups is 2. The monoisotopic (exact) mass is 270 g/mol. The summed E-state index contributed by atoms with van der Waals surface area (Å²) < 4.78 is 5.67. The molecule has 2 amide bonds. The molecule has 0 aromatic rings. The Morgan fingerprint density at radius 2 is 2.21 bits per heavy atom. The third-order valence-corrected chi connectivity index (χ3v) is 3.88. The lowest BCUT2D eigenvalue weighted by Crippen LogP contribution is -2.47. The lowest BCUT2D eigenvalue weighted by molar-refractivity contribution is -0.137. The van der Waals surface area contributed by atoms with E-state index in [9.17, 15) is 9.59 Å². The molecule has 4 unspecified atom stereocenters. The van der Waals surface area contributed by atoms with Crippen LogP contribution in [0.1, 0.15) is 39.0 Å². The van der Waals surface area contributed by atoms with E-state index in [0.717, 1.165) is 19.3 Å². The molecule has 2 saturated heterocycles. The van der Waals surface area contributed by atoms with Gasteiger partial charge in [0.1, 0.15) is 0 Å². The number of aliphatic carboxylic acids is 1. The van der Waals surface area contributed by atoms with E-state index in [2.05, 4.69) is 10.6 Å². The van der Waals surface area contributed by atoms with Gasteiger partial charge < -0.3 is 20.5 Å². The SMILES string of the molecule is CC(CCC(=O)O)CNC(=O)NC1CC2CCC1O2. The van der Waals surface area contributed by atoms with Gasteiger partial charge in [0.05, 0.1) is 18.2 Å². The fourth-order valence-corrected chi connectivity index (χ4v) is 2.75. The van der Waals surface area contributed by atoms with Crippen LogP contribution in [0.15, 0.2) is 0 Å². The Kier molecular flexibility index (Phi) is 4.63. The number of rotatable bonds is 6. The number of urea groups is 1. The van der Waals surface area contributed by atoms with Gasteiger partial charge >= 0.3 is 12.0 Å². The molecule has 0 aliphatic carbocycles. The predicted molar refractivity (Wildman–Crippen MR) is 68.9 cm³/mol. The Morgan fingerprint density at radius 1 is 1.42 bits per heavy atom. The topological polar surface area (TPSA) is 87.7 Å².